The van der Waals surface area contributed by atoms with Gasteiger partial charge in [-0.1, -0.05) is 0 Å². The Morgan fingerprint density at radius 3 is 2.78 bits per heavy atom. The van der Waals surface area contributed by atoms with Crippen molar-refractivity contribution in [2.24, 2.45) is 0 Å². The van der Waals surface area contributed by atoms with Crippen molar-refractivity contribution in [2.75, 3.05) is 43.1 Å². The number of fused-ring (bicyclic) bond motifs is 1. The Morgan fingerprint density at radius 2 is 2.00 bits per heavy atom. The zero-order valence-corrected chi connectivity index (χ0v) is 15.2. The highest BCUT2D eigenvalue weighted by atomic mass is 16.5. The van der Waals surface area contributed by atoms with Gasteiger partial charge < -0.3 is 24.1 Å². The SMILES string of the molecule is Cc1cn2cccc(OCC(=O)Nc3ccc(N4CCOCC4)cc3)c2n1. The summed E-state index contributed by atoms with van der Waals surface area (Å²) in [6.07, 6.45) is 3.82. The van der Waals surface area contributed by atoms with Gasteiger partial charge in [0.15, 0.2) is 18.0 Å². The van der Waals surface area contributed by atoms with Crippen molar-refractivity contribution in [2.45, 2.75) is 6.92 Å². The van der Waals surface area contributed by atoms with Crippen LogP contribution in [0.1, 0.15) is 5.69 Å². The molecule has 1 fully saturated rings. The van der Waals surface area contributed by atoms with Crippen LogP contribution in [0.3, 0.4) is 0 Å². The van der Waals surface area contributed by atoms with Crippen molar-refractivity contribution < 1.29 is 14.3 Å². The van der Waals surface area contributed by atoms with Gasteiger partial charge in [0.2, 0.25) is 0 Å². The van der Waals surface area contributed by atoms with E-state index in [9.17, 15) is 4.79 Å². The van der Waals surface area contributed by atoms with E-state index >= 15 is 0 Å². The maximum atomic E-state index is 12.2. The molecule has 2 aromatic heterocycles. The Hall–Kier alpha value is -3.06. The van der Waals surface area contributed by atoms with Gasteiger partial charge in [0.1, 0.15) is 0 Å². The number of nitrogens with zero attached hydrogens (tertiary/aromatic N) is 3. The first kappa shape index (κ1) is 17.4. The highest BCUT2D eigenvalue weighted by Gasteiger charge is 2.12. The van der Waals surface area contributed by atoms with E-state index in [0.29, 0.717) is 11.4 Å². The summed E-state index contributed by atoms with van der Waals surface area (Å²) in [5.41, 5.74) is 3.48. The molecule has 140 valence electrons. The minimum atomic E-state index is -0.209. The molecule has 0 unspecified atom stereocenters. The molecule has 1 aliphatic heterocycles. The normalized spacial score (nSPS) is 14.3. The van der Waals surface area contributed by atoms with Crippen LogP contribution in [-0.2, 0) is 9.53 Å². The van der Waals surface area contributed by atoms with Crippen molar-refractivity contribution in [3.8, 4) is 5.75 Å². The molecule has 7 nitrogen and oxygen atoms in total. The number of carbonyl (C=O) groups excluding carboxylic acids is 1. The van der Waals surface area contributed by atoms with Crippen LogP contribution < -0.4 is 15.0 Å². The predicted octanol–water partition coefficient (Wildman–Crippen LogP) is 2.50. The lowest BCUT2D eigenvalue weighted by Gasteiger charge is -2.28. The molecular weight excluding hydrogens is 344 g/mol. The van der Waals surface area contributed by atoms with Crippen molar-refractivity contribution in [1.82, 2.24) is 9.38 Å². The fourth-order valence-corrected chi connectivity index (χ4v) is 3.14. The van der Waals surface area contributed by atoms with Gasteiger partial charge in [-0.15, -0.1) is 0 Å². The molecule has 1 N–H and O–H groups in total. The van der Waals surface area contributed by atoms with Gasteiger partial charge in [-0.25, -0.2) is 4.98 Å². The molecule has 3 heterocycles. The number of ether oxygens (including phenoxy) is 2. The largest absolute Gasteiger partial charge is 0.480 e. The number of rotatable bonds is 5. The number of aromatic nitrogens is 2. The van der Waals surface area contributed by atoms with Crippen LogP contribution in [0.15, 0.2) is 48.8 Å². The van der Waals surface area contributed by atoms with Crippen molar-refractivity contribution in [1.29, 1.82) is 0 Å². The molecule has 1 saturated heterocycles. The number of hydrogen-bond donors (Lipinski definition) is 1. The highest BCUT2D eigenvalue weighted by Crippen LogP contribution is 2.20. The predicted molar refractivity (Wildman–Crippen MR) is 104 cm³/mol. The average Bonchev–Trinajstić information content (AvgIpc) is 3.08. The second kappa shape index (κ2) is 7.67. The van der Waals surface area contributed by atoms with E-state index in [-0.39, 0.29) is 12.5 Å². The summed E-state index contributed by atoms with van der Waals surface area (Å²) in [5.74, 6) is 0.378. The van der Waals surface area contributed by atoms with Gasteiger partial charge in [0.05, 0.1) is 18.9 Å². The van der Waals surface area contributed by atoms with E-state index in [1.165, 1.54) is 0 Å². The summed E-state index contributed by atoms with van der Waals surface area (Å²) in [5, 5.41) is 2.86. The molecule has 0 radical (unpaired) electrons. The third kappa shape index (κ3) is 4.03. The van der Waals surface area contributed by atoms with Crippen LogP contribution in [0, 0.1) is 6.92 Å². The van der Waals surface area contributed by atoms with Gasteiger partial charge >= 0.3 is 0 Å². The number of aryl methyl sites for hydroxylation is 1. The number of amides is 1. The van der Waals surface area contributed by atoms with E-state index in [1.807, 2.05) is 60.1 Å². The molecular formula is C20H22N4O3. The lowest BCUT2D eigenvalue weighted by atomic mass is 10.2. The monoisotopic (exact) mass is 366 g/mol. The number of morpholine rings is 1. The number of nitrogens with one attached hydrogen (secondary N) is 1. The molecule has 0 aliphatic carbocycles. The lowest BCUT2D eigenvalue weighted by molar-refractivity contribution is -0.118. The van der Waals surface area contributed by atoms with Crippen LogP contribution in [0.4, 0.5) is 11.4 Å². The van der Waals surface area contributed by atoms with Gasteiger partial charge in [-0.2, -0.15) is 0 Å². The molecule has 27 heavy (non-hydrogen) atoms. The second-order valence-electron chi connectivity index (χ2n) is 6.47. The number of carbonyl (C=O) groups is 1. The molecule has 0 atom stereocenters. The average molecular weight is 366 g/mol. The summed E-state index contributed by atoms with van der Waals surface area (Å²) < 4.78 is 12.9. The summed E-state index contributed by atoms with van der Waals surface area (Å²) >= 11 is 0. The Bertz CT molecular complexity index is 930. The molecule has 1 aliphatic rings. The smallest absolute Gasteiger partial charge is 0.262 e. The standard InChI is InChI=1S/C20H22N4O3/c1-15-13-24-8-2-3-18(20(24)21-15)27-14-19(25)22-16-4-6-17(7-5-16)23-9-11-26-12-10-23/h2-8,13H,9-12,14H2,1H3,(H,22,25). The molecule has 0 spiro atoms. The van der Waals surface area contributed by atoms with Gasteiger partial charge in [0, 0.05) is 36.9 Å². The molecule has 3 aromatic rings. The molecule has 0 saturated carbocycles. The zero-order chi connectivity index (χ0) is 18.6. The maximum Gasteiger partial charge on any atom is 0.262 e. The molecule has 0 bridgehead atoms. The fraction of sp³-hybridized carbons (Fsp3) is 0.300. The zero-order valence-electron chi connectivity index (χ0n) is 15.2. The van der Waals surface area contributed by atoms with Gasteiger partial charge in [0.25, 0.3) is 5.91 Å². The van der Waals surface area contributed by atoms with Crippen molar-refractivity contribution >= 4 is 22.9 Å². The summed E-state index contributed by atoms with van der Waals surface area (Å²) in [6, 6.07) is 11.5. The van der Waals surface area contributed by atoms with Crippen LogP contribution in [-0.4, -0.2) is 48.2 Å². The quantitative estimate of drug-likeness (QED) is 0.751. The Balaban J connectivity index is 1.35. The first-order valence-electron chi connectivity index (χ1n) is 8.99. The van der Waals surface area contributed by atoms with Crippen molar-refractivity contribution in [3.63, 3.8) is 0 Å². The molecule has 7 heteroatoms. The van der Waals surface area contributed by atoms with Crippen LogP contribution in [0.2, 0.25) is 0 Å². The first-order valence-corrected chi connectivity index (χ1v) is 8.99. The minimum Gasteiger partial charge on any atom is -0.480 e. The maximum absolute atomic E-state index is 12.2. The van der Waals surface area contributed by atoms with Crippen LogP contribution >= 0.6 is 0 Å². The molecule has 4 rings (SSSR count). The topological polar surface area (TPSA) is 68.1 Å². The van der Waals surface area contributed by atoms with Crippen LogP contribution in [0.25, 0.3) is 5.65 Å². The van der Waals surface area contributed by atoms with E-state index in [2.05, 4.69) is 15.2 Å². The fourth-order valence-electron chi connectivity index (χ4n) is 3.14. The van der Waals surface area contributed by atoms with Gasteiger partial charge in [-0.05, 0) is 43.3 Å². The third-order valence-electron chi connectivity index (χ3n) is 4.45. The van der Waals surface area contributed by atoms with Crippen LogP contribution in [0.5, 0.6) is 5.75 Å². The number of anilines is 2. The minimum absolute atomic E-state index is 0.0726. The Labute approximate surface area is 157 Å². The number of benzene rings is 1. The van der Waals surface area contributed by atoms with E-state index in [1.54, 1.807) is 0 Å². The number of hydrogen-bond acceptors (Lipinski definition) is 5. The Kier molecular flexibility index (Phi) is 4.93. The first-order chi connectivity index (χ1) is 13.2. The van der Waals surface area contributed by atoms with Gasteiger partial charge in [-0.3, -0.25) is 4.79 Å². The van der Waals surface area contributed by atoms with Crippen molar-refractivity contribution in [3.05, 3.63) is 54.5 Å². The molecule has 1 amide bonds. The lowest BCUT2D eigenvalue weighted by Crippen LogP contribution is -2.36. The Morgan fingerprint density at radius 1 is 1.22 bits per heavy atom. The third-order valence-corrected chi connectivity index (χ3v) is 4.45. The van der Waals surface area contributed by atoms with E-state index < -0.39 is 0 Å². The summed E-state index contributed by atoms with van der Waals surface area (Å²) in [4.78, 5) is 18.9. The molecule has 1 aromatic carbocycles. The summed E-state index contributed by atoms with van der Waals surface area (Å²) in [6.45, 7) is 5.12. The van der Waals surface area contributed by atoms with E-state index in [0.717, 1.165) is 43.4 Å². The summed E-state index contributed by atoms with van der Waals surface area (Å²) in [7, 11) is 0. The number of pyridine rings is 1. The second-order valence-corrected chi connectivity index (χ2v) is 6.47. The van der Waals surface area contributed by atoms with E-state index in [4.69, 9.17) is 9.47 Å². The number of imidazole rings is 1. The highest BCUT2D eigenvalue weighted by molar-refractivity contribution is 5.92.